The number of para-hydroxylation sites is 2. The summed E-state index contributed by atoms with van der Waals surface area (Å²) in [6.07, 6.45) is 4.88. The van der Waals surface area contributed by atoms with E-state index in [1.807, 2.05) is 43.3 Å². The van der Waals surface area contributed by atoms with E-state index in [-0.39, 0.29) is 11.9 Å². The molecule has 1 N–H and O–H groups in total. The van der Waals surface area contributed by atoms with Gasteiger partial charge >= 0.3 is 0 Å². The van der Waals surface area contributed by atoms with E-state index in [2.05, 4.69) is 16.8 Å². The fourth-order valence-electron chi connectivity index (χ4n) is 4.65. The van der Waals surface area contributed by atoms with Crippen molar-refractivity contribution in [3.8, 4) is 0 Å². The van der Waals surface area contributed by atoms with E-state index < -0.39 is 10.0 Å². The summed E-state index contributed by atoms with van der Waals surface area (Å²) in [4.78, 5) is 17.7. The third kappa shape index (κ3) is 5.33. The quantitative estimate of drug-likeness (QED) is 0.515. The largest absolute Gasteiger partial charge is 0.346 e. The lowest BCUT2D eigenvalue weighted by Gasteiger charge is -2.20. The summed E-state index contributed by atoms with van der Waals surface area (Å²) in [5.41, 5.74) is 2.94. The molecule has 7 nitrogen and oxygen atoms in total. The predicted octanol–water partition coefficient (Wildman–Crippen LogP) is 4.43. The number of aromatic nitrogens is 2. The molecule has 1 aromatic heterocycles. The summed E-state index contributed by atoms with van der Waals surface area (Å²) in [5.74, 6) is 0.795. The zero-order chi connectivity index (χ0) is 24.1. The monoisotopic (exact) mass is 482 g/mol. The molecule has 182 valence electrons. The second-order valence-corrected chi connectivity index (χ2v) is 10.9. The third-order valence-electron chi connectivity index (χ3n) is 6.53. The van der Waals surface area contributed by atoms with Crippen LogP contribution in [0.5, 0.6) is 0 Å². The van der Waals surface area contributed by atoms with Gasteiger partial charge in [-0.3, -0.25) is 4.79 Å². The Labute approximate surface area is 202 Å². The zero-order valence-corrected chi connectivity index (χ0v) is 20.9. The Bertz CT molecular complexity index is 1230. The van der Waals surface area contributed by atoms with Crippen molar-refractivity contribution >= 4 is 27.0 Å². The van der Waals surface area contributed by atoms with Gasteiger partial charge in [-0.15, -0.1) is 0 Å². The number of carbonyl (C=O) groups excluding carboxylic acids is 1. The molecule has 0 spiro atoms. The molecule has 1 unspecified atom stereocenters. The molecular formula is C26H34N4O3S. The highest BCUT2D eigenvalue weighted by Crippen LogP contribution is 2.22. The molecule has 1 aliphatic rings. The predicted molar refractivity (Wildman–Crippen MR) is 134 cm³/mol. The standard InChI is InChI=1S/C26H34N4O3S/c1-3-30-24-11-7-6-10-23(24)28-26(30)20(2)27-25(31)17-14-21-12-15-22(16-13-21)34(32,33)29-18-8-4-5-9-19-29/h6-7,10-13,15-16,20H,3-5,8-9,14,17-19H2,1-2H3,(H,27,31). The Morgan fingerprint density at radius 3 is 2.38 bits per heavy atom. The second-order valence-electron chi connectivity index (χ2n) is 8.95. The van der Waals surface area contributed by atoms with Crippen LogP contribution in [0.25, 0.3) is 11.0 Å². The maximum Gasteiger partial charge on any atom is 0.243 e. The van der Waals surface area contributed by atoms with Crippen LogP contribution < -0.4 is 5.32 Å². The highest BCUT2D eigenvalue weighted by atomic mass is 32.2. The molecule has 1 saturated heterocycles. The van der Waals surface area contributed by atoms with Crippen molar-refractivity contribution in [3.05, 3.63) is 59.9 Å². The molecule has 1 aliphatic heterocycles. The van der Waals surface area contributed by atoms with Crippen LogP contribution in [-0.2, 0) is 27.8 Å². The minimum Gasteiger partial charge on any atom is -0.346 e. The number of benzene rings is 2. The van der Waals surface area contributed by atoms with Gasteiger partial charge in [-0.05, 0) is 62.9 Å². The van der Waals surface area contributed by atoms with Crippen LogP contribution in [0.1, 0.15) is 63.4 Å². The van der Waals surface area contributed by atoms with Crippen LogP contribution in [0.15, 0.2) is 53.4 Å². The number of hydrogen-bond acceptors (Lipinski definition) is 4. The van der Waals surface area contributed by atoms with Crippen LogP contribution in [0, 0.1) is 0 Å². The maximum absolute atomic E-state index is 12.9. The van der Waals surface area contributed by atoms with E-state index in [4.69, 9.17) is 4.98 Å². The highest BCUT2D eigenvalue weighted by Gasteiger charge is 2.25. The summed E-state index contributed by atoms with van der Waals surface area (Å²) in [6, 6.07) is 14.7. The minimum atomic E-state index is -3.45. The first kappa shape index (κ1) is 24.4. The van der Waals surface area contributed by atoms with Gasteiger partial charge in [-0.1, -0.05) is 37.1 Å². The molecule has 2 aromatic carbocycles. The first-order valence-electron chi connectivity index (χ1n) is 12.2. The Kier molecular flexibility index (Phi) is 7.68. The molecule has 3 aromatic rings. The van der Waals surface area contributed by atoms with Crippen molar-refractivity contribution in [1.82, 2.24) is 19.2 Å². The molecule has 1 fully saturated rings. The summed E-state index contributed by atoms with van der Waals surface area (Å²) in [5, 5.41) is 3.06. The molecule has 0 saturated carbocycles. The van der Waals surface area contributed by atoms with Crippen LogP contribution in [0.4, 0.5) is 0 Å². The van der Waals surface area contributed by atoms with Crippen molar-refractivity contribution in [3.63, 3.8) is 0 Å². The lowest BCUT2D eigenvalue weighted by Crippen LogP contribution is -2.31. The van der Waals surface area contributed by atoms with Crippen LogP contribution in [0.2, 0.25) is 0 Å². The Balaban J connectivity index is 1.35. The topological polar surface area (TPSA) is 84.3 Å². The van der Waals surface area contributed by atoms with Crippen LogP contribution >= 0.6 is 0 Å². The van der Waals surface area contributed by atoms with Crippen molar-refractivity contribution in [1.29, 1.82) is 0 Å². The first-order valence-corrected chi connectivity index (χ1v) is 13.7. The molecule has 0 bridgehead atoms. The number of imidazole rings is 1. The fourth-order valence-corrected chi connectivity index (χ4v) is 6.17. The number of sulfonamides is 1. The van der Waals surface area contributed by atoms with Crippen LogP contribution in [-0.4, -0.2) is 41.3 Å². The smallest absolute Gasteiger partial charge is 0.243 e. The number of aryl methyl sites for hydroxylation is 2. The maximum atomic E-state index is 12.9. The van der Waals surface area contributed by atoms with Crippen molar-refractivity contribution in [2.45, 2.75) is 69.9 Å². The van der Waals surface area contributed by atoms with Crippen molar-refractivity contribution in [2.24, 2.45) is 0 Å². The zero-order valence-electron chi connectivity index (χ0n) is 20.0. The lowest BCUT2D eigenvalue weighted by atomic mass is 10.1. The van der Waals surface area contributed by atoms with E-state index >= 15 is 0 Å². The van der Waals surface area contributed by atoms with Gasteiger partial charge in [0.1, 0.15) is 5.82 Å². The molecular weight excluding hydrogens is 448 g/mol. The number of rotatable bonds is 8. The number of nitrogens with one attached hydrogen (secondary N) is 1. The van der Waals surface area contributed by atoms with E-state index in [1.165, 1.54) is 0 Å². The third-order valence-corrected chi connectivity index (χ3v) is 8.44. The molecule has 0 aliphatic carbocycles. The van der Waals surface area contributed by atoms with Gasteiger partial charge in [0.15, 0.2) is 0 Å². The van der Waals surface area contributed by atoms with Gasteiger partial charge in [-0.25, -0.2) is 13.4 Å². The molecule has 1 atom stereocenters. The van der Waals surface area contributed by atoms with Crippen molar-refractivity contribution < 1.29 is 13.2 Å². The van der Waals surface area contributed by atoms with Crippen LogP contribution in [0.3, 0.4) is 0 Å². The molecule has 0 radical (unpaired) electrons. The van der Waals surface area contributed by atoms with Gasteiger partial charge in [0, 0.05) is 26.1 Å². The molecule has 1 amide bonds. The Morgan fingerprint density at radius 2 is 1.71 bits per heavy atom. The summed E-state index contributed by atoms with van der Waals surface area (Å²) < 4.78 is 29.6. The van der Waals surface area contributed by atoms with E-state index in [9.17, 15) is 13.2 Å². The first-order chi connectivity index (χ1) is 16.4. The molecule has 2 heterocycles. The number of carbonyl (C=O) groups is 1. The molecule has 8 heteroatoms. The van der Waals surface area contributed by atoms with Gasteiger partial charge in [-0.2, -0.15) is 4.31 Å². The molecule has 4 rings (SSSR count). The molecule has 34 heavy (non-hydrogen) atoms. The van der Waals surface area contributed by atoms with E-state index in [0.717, 1.165) is 54.6 Å². The van der Waals surface area contributed by atoms with Crippen molar-refractivity contribution in [2.75, 3.05) is 13.1 Å². The summed E-state index contributed by atoms with van der Waals surface area (Å²) in [7, 11) is -3.45. The highest BCUT2D eigenvalue weighted by molar-refractivity contribution is 7.89. The average molecular weight is 483 g/mol. The second kappa shape index (κ2) is 10.7. The fraction of sp³-hybridized carbons (Fsp3) is 0.462. The number of nitrogens with zero attached hydrogens (tertiary/aromatic N) is 3. The Hall–Kier alpha value is -2.71. The van der Waals surface area contributed by atoms with Gasteiger partial charge in [0.25, 0.3) is 0 Å². The lowest BCUT2D eigenvalue weighted by molar-refractivity contribution is -0.121. The Morgan fingerprint density at radius 1 is 1.03 bits per heavy atom. The minimum absolute atomic E-state index is 0.0523. The SMILES string of the molecule is CCn1c(C(C)NC(=O)CCc2ccc(S(=O)(=O)N3CCCCCC3)cc2)nc2ccccc21. The van der Waals surface area contributed by atoms with Gasteiger partial charge < -0.3 is 9.88 Å². The number of amides is 1. The average Bonchev–Trinajstić information content (AvgIpc) is 3.00. The summed E-state index contributed by atoms with van der Waals surface area (Å²) >= 11 is 0. The van der Waals surface area contributed by atoms with E-state index in [1.54, 1.807) is 16.4 Å². The van der Waals surface area contributed by atoms with Gasteiger partial charge in [0.2, 0.25) is 15.9 Å². The normalized spacial score (nSPS) is 16.3. The number of fused-ring (bicyclic) bond motifs is 1. The summed E-state index contributed by atoms with van der Waals surface area (Å²) in [6.45, 7) is 5.99. The number of hydrogen-bond donors (Lipinski definition) is 1. The van der Waals surface area contributed by atoms with E-state index in [0.29, 0.717) is 30.8 Å². The van der Waals surface area contributed by atoms with Gasteiger partial charge in [0.05, 0.1) is 22.0 Å².